The second-order valence-electron chi connectivity index (χ2n) is 1.07. The van der Waals surface area contributed by atoms with Crippen molar-refractivity contribution in [3.05, 3.63) is 18.6 Å². The quantitative estimate of drug-likeness (QED) is 0.486. The minimum absolute atomic E-state index is 0.405. The molecule has 2 N–H and O–H groups in total. The number of rotatable bonds is 0. The van der Waals surface area contributed by atoms with Gasteiger partial charge in [-0.1, -0.05) is 0 Å². The van der Waals surface area contributed by atoms with E-state index in [1.165, 1.54) is 12.4 Å². The second-order valence-corrected chi connectivity index (χ2v) is 1.07. The molecule has 0 fully saturated rings. The zero-order valence-corrected chi connectivity index (χ0v) is 3.63. The van der Waals surface area contributed by atoms with Crippen LogP contribution in [0, 0.1) is 6.20 Å². The Bertz CT molecular complexity index is 137. The molecule has 0 aliphatic heterocycles. The van der Waals surface area contributed by atoms with E-state index in [2.05, 4.69) is 16.2 Å². The Morgan fingerprint density at radius 2 is 2.57 bits per heavy atom. The van der Waals surface area contributed by atoms with Gasteiger partial charge in [0, 0.05) is 0 Å². The Balaban J connectivity index is 3.02. The van der Waals surface area contributed by atoms with Crippen molar-refractivity contribution < 1.29 is 0 Å². The summed E-state index contributed by atoms with van der Waals surface area (Å²) in [4.78, 5) is 7.21. The van der Waals surface area contributed by atoms with Crippen LogP contribution in [0.15, 0.2) is 12.4 Å². The van der Waals surface area contributed by atoms with Gasteiger partial charge in [0.05, 0.1) is 12.4 Å². The second kappa shape index (κ2) is 1.55. The third kappa shape index (κ3) is 0.855. The van der Waals surface area contributed by atoms with Crippen LogP contribution in [0.3, 0.4) is 0 Å². The van der Waals surface area contributed by atoms with Crippen LogP contribution in [0.5, 0.6) is 0 Å². The van der Waals surface area contributed by atoms with Gasteiger partial charge in [-0.25, -0.2) is 4.98 Å². The molecule has 0 saturated carbocycles. The summed E-state index contributed by atoms with van der Waals surface area (Å²) in [6.07, 6.45) is 5.40. The van der Waals surface area contributed by atoms with E-state index in [0.29, 0.717) is 5.82 Å². The minimum Gasteiger partial charge on any atom is -0.382 e. The molecule has 1 aromatic heterocycles. The van der Waals surface area contributed by atoms with Gasteiger partial charge in [0.2, 0.25) is 0 Å². The number of aromatic nitrogens is 2. The van der Waals surface area contributed by atoms with Gasteiger partial charge in [0.1, 0.15) is 12.0 Å². The molecular weight excluding hydrogens is 90.1 g/mol. The molecule has 35 valence electrons. The lowest BCUT2D eigenvalue weighted by molar-refractivity contribution is 1.20. The van der Waals surface area contributed by atoms with E-state index in [4.69, 9.17) is 5.73 Å². The Kier molecular flexibility index (Phi) is 0.898. The Morgan fingerprint density at radius 1 is 1.71 bits per heavy atom. The number of nitrogens with two attached hydrogens (primary N) is 1. The SMILES string of the molecule is Nc1cnc[c]n1. The molecule has 1 radical (unpaired) electrons. The summed E-state index contributed by atoms with van der Waals surface area (Å²) in [6.45, 7) is 0. The van der Waals surface area contributed by atoms with Gasteiger partial charge in [0.15, 0.2) is 0 Å². The van der Waals surface area contributed by atoms with Crippen LogP contribution in [0.1, 0.15) is 0 Å². The molecule has 0 unspecified atom stereocenters. The van der Waals surface area contributed by atoms with Crippen molar-refractivity contribution in [3.8, 4) is 0 Å². The Labute approximate surface area is 41.2 Å². The van der Waals surface area contributed by atoms with E-state index in [0.717, 1.165) is 0 Å². The molecule has 0 aromatic carbocycles. The van der Waals surface area contributed by atoms with Gasteiger partial charge in [-0.15, -0.1) is 0 Å². The summed E-state index contributed by atoms with van der Waals surface area (Å²) in [6, 6.07) is 0. The third-order valence-electron chi connectivity index (χ3n) is 0.533. The predicted molar refractivity (Wildman–Crippen MR) is 25.3 cm³/mol. The fourth-order valence-corrected chi connectivity index (χ4v) is 0.279. The highest BCUT2D eigenvalue weighted by Gasteiger charge is 1.75. The van der Waals surface area contributed by atoms with Crippen molar-refractivity contribution in [2.45, 2.75) is 0 Å². The summed E-state index contributed by atoms with van der Waals surface area (Å²) < 4.78 is 0. The van der Waals surface area contributed by atoms with Crippen molar-refractivity contribution in [1.29, 1.82) is 0 Å². The highest BCUT2D eigenvalue weighted by atomic mass is 14.9. The predicted octanol–water partition coefficient (Wildman–Crippen LogP) is -0.141. The normalized spacial score (nSPS) is 8.57. The maximum absolute atomic E-state index is 5.15. The summed E-state index contributed by atoms with van der Waals surface area (Å²) in [5.74, 6) is 0.405. The first kappa shape index (κ1) is 4.05. The van der Waals surface area contributed by atoms with Gasteiger partial charge >= 0.3 is 0 Å². The van der Waals surface area contributed by atoms with E-state index in [9.17, 15) is 0 Å². The summed E-state index contributed by atoms with van der Waals surface area (Å²) >= 11 is 0. The molecule has 0 bridgehead atoms. The van der Waals surface area contributed by atoms with Crippen LogP contribution < -0.4 is 5.73 Å². The summed E-state index contributed by atoms with van der Waals surface area (Å²) in [5, 5.41) is 0. The smallest absolute Gasteiger partial charge is 0.142 e. The summed E-state index contributed by atoms with van der Waals surface area (Å²) in [5.41, 5.74) is 5.15. The van der Waals surface area contributed by atoms with E-state index in [-0.39, 0.29) is 0 Å². The Hall–Kier alpha value is -1.12. The van der Waals surface area contributed by atoms with E-state index in [1.807, 2.05) is 0 Å². The fourth-order valence-electron chi connectivity index (χ4n) is 0.279. The molecule has 1 aromatic rings. The first-order chi connectivity index (χ1) is 3.39. The van der Waals surface area contributed by atoms with Crippen LogP contribution in [0.2, 0.25) is 0 Å². The largest absolute Gasteiger partial charge is 0.382 e. The molecular formula is C4H4N3. The van der Waals surface area contributed by atoms with Crippen molar-refractivity contribution >= 4 is 5.82 Å². The van der Waals surface area contributed by atoms with Crippen molar-refractivity contribution in [1.82, 2.24) is 9.97 Å². The average molecular weight is 94.1 g/mol. The minimum atomic E-state index is 0.405. The van der Waals surface area contributed by atoms with Crippen molar-refractivity contribution in [2.24, 2.45) is 0 Å². The molecule has 7 heavy (non-hydrogen) atoms. The molecule has 0 amide bonds. The average Bonchev–Trinajstić information content (AvgIpc) is 1.69. The monoisotopic (exact) mass is 94.0 g/mol. The van der Waals surface area contributed by atoms with Crippen LogP contribution in [-0.4, -0.2) is 9.97 Å². The van der Waals surface area contributed by atoms with Gasteiger partial charge in [-0.3, -0.25) is 4.98 Å². The summed E-state index contributed by atoms with van der Waals surface area (Å²) in [7, 11) is 0. The maximum Gasteiger partial charge on any atom is 0.142 e. The zero-order chi connectivity index (χ0) is 5.11. The lowest BCUT2D eigenvalue weighted by Gasteiger charge is -1.81. The van der Waals surface area contributed by atoms with Gasteiger partial charge in [-0.05, 0) is 0 Å². The van der Waals surface area contributed by atoms with Crippen molar-refractivity contribution in [2.75, 3.05) is 5.73 Å². The molecule has 0 aliphatic rings. The van der Waals surface area contributed by atoms with Crippen LogP contribution in [0.4, 0.5) is 5.82 Å². The number of nitrogen functional groups attached to an aromatic ring is 1. The molecule has 0 aliphatic carbocycles. The van der Waals surface area contributed by atoms with E-state index >= 15 is 0 Å². The highest BCUT2D eigenvalue weighted by Crippen LogP contribution is 1.83. The molecule has 3 nitrogen and oxygen atoms in total. The first-order valence-electron chi connectivity index (χ1n) is 1.83. The van der Waals surface area contributed by atoms with Crippen molar-refractivity contribution in [3.63, 3.8) is 0 Å². The molecule has 1 heterocycles. The van der Waals surface area contributed by atoms with E-state index in [1.54, 1.807) is 0 Å². The van der Waals surface area contributed by atoms with Crippen LogP contribution in [0.25, 0.3) is 0 Å². The number of hydrogen-bond donors (Lipinski definition) is 1. The Morgan fingerprint density at radius 3 is 2.86 bits per heavy atom. The van der Waals surface area contributed by atoms with Gasteiger partial charge < -0.3 is 5.73 Å². The topological polar surface area (TPSA) is 51.8 Å². The molecule has 0 atom stereocenters. The number of hydrogen-bond acceptors (Lipinski definition) is 3. The number of nitrogens with zero attached hydrogens (tertiary/aromatic N) is 2. The van der Waals surface area contributed by atoms with Crippen LogP contribution in [-0.2, 0) is 0 Å². The lowest BCUT2D eigenvalue weighted by atomic mass is 10.7. The third-order valence-corrected chi connectivity index (χ3v) is 0.533. The molecule has 3 heteroatoms. The molecule has 1 rings (SSSR count). The zero-order valence-electron chi connectivity index (χ0n) is 3.63. The highest BCUT2D eigenvalue weighted by molar-refractivity contribution is 5.19. The van der Waals surface area contributed by atoms with Gasteiger partial charge in [-0.2, -0.15) is 0 Å². The standard InChI is InChI=1S/C4H4N3/c5-4-3-6-1-2-7-4/h1,3H,(H2,5,7). The van der Waals surface area contributed by atoms with Crippen LogP contribution >= 0.6 is 0 Å². The number of anilines is 1. The van der Waals surface area contributed by atoms with Gasteiger partial charge in [0.25, 0.3) is 0 Å². The fraction of sp³-hybridized carbons (Fsp3) is 0. The first-order valence-corrected chi connectivity index (χ1v) is 1.83. The molecule has 0 spiro atoms. The molecule has 0 saturated heterocycles. The maximum atomic E-state index is 5.15. The lowest BCUT2D eigenvalue weighted by Crippen LogP contribution is -1.87. The van der Waals surface area contributed by atoms with E-state index < -0.39 is 0 Å².